The van der Waals surface area contributed by atoms with Crippen LogP contribution in [0.15, 0.2) is 237 Å². The molecule has 0 atom stereocenters. The number of anilines is 3. The number of fused-ring (bicyclic) bond motifs is 16. The van der Waals surface area contributed by atoms with E-state index in [1.54, 1.807) is 0 Å². The van der Waals surface area contributed by atoms with Crippen LogP contribution in [0.5, 0.6) is 0 Å². The van der Waals surface area contributed by atoms with E-state index in [1.807, 2.05) is 0 Å². The van der Waals surface area contributed by atoms with Crippen LogP contribution in [-0.4, -0.2) is 9.13 Å². The Bertz CT molecular complexity index is 3810. The minimum atomic E-state index is -0.461. The van der Waals surface area contributed by atoms with Crippen molar-refractivity contribution in [3.8, 4) is 33.6 Å². The van der Waals surface area contributed by atoms with Crippen molar-refractivity contribution < 1.29 is 0 Å². The van der Waals surface area contributed by atoms with Crippen LogP contribution in [0.25, 0.3) is 77.2 Å². The lowest BCUT2D eigenvalue weighted by Crippen LogP contribution is -2.26. The van der Waals surface area contributed by atoms with Gasteiger partial charge in [-0.25, -0.2) is 0 Å². The average Bonchev–Trinajstić information content (AvgIpc) is 4.07. The second kappa shape index (κ2) is 13.3. The predicted octanol–water partition coefficient (Wildman–Crippen LogP) is 15.7. The van der Waals surface area contributed by atoms with Gasteiger partial charge in [0.05, 0.1) is 33.2 Å². The minimum absolute atomic E-state index is 0.461. The molecule has 2 aromatic heterocycles. The van der Waals surface area contributed by atoms with E-state index in [0.29, 0.717) is 0 Å². The van der Waals surface area contributed by atoms with Crippen molar-refractivity contribution >= 4 is 60.7 Å². The average molecular weight is 814 g/mol. The summed E-state index contributed by atoms with van der Waals surface area (Å²) < 4.78 is 4.83. The molecule has 0 saturated heterocycles. The molecule has 298 valence electrons. The van der Waals surface area contributed by atoms with Crippen LogP contribution in [-0.2, 0) is 5.41 Å². The first-order valence-electron chi connectivity index (χ1n) is 22.2. The largest absolute Gasteiger partial charge is 0.310 e. The molecule has 0 bridgehead atoms. The molecule has 2 heterocycles. The topological polar surface area (TPSA) is 13.1 Å². The first kappa shape index (κ1) is 35.2. The van der Waals surface area contributed by atoms with Crippen molar-refractivity contribution in [3.63, 3.8) is 0 Å². The summed E-state index contributed by atoms with van der Waals surface area (Å²) in [6.45, 7) is 0. The highest BCUT2D eigenvalue weighted by Crippen LogP contribution is 2.64. The van der Waals surface area contributed by atoms with Gasteiger partial charge in [-0.3, -0.25) is 0 Å². The smallest absolute Gasteiger partial charge is 0.0726 e. The van der Waals surface area contributed by atoms with E-state index in [9.17, 15) is 0 Å². The molecule has 64 heavy (non-hydrogen) atoms. The third kappa shape index (κ3) is 4.65. The van der Waals surface area contributed by atoms with Crippen LogP contribution >= 0.6 is 0 Å². The summed E-state index contributed by atoms with van der Waals surface area (Å²) in [5, 5.41) is 4.91. The zero-order chi connectivity index (χ0) is 41.9. The van der Waals surface area contributed by atoms with E-state index in [1.165, 1.54) is 88.1 Å². The molecular formula is C61H39N3. The summed E-state index contributed by atoms with van der Waals surface area (Å²) in [7, 11) is 0. The molecule has 0 unspecified atom stereocenters. The maximum absolute atomic E-state index is 2.53. The molecule has 2 aliphatic carbocycles. The molecule has 3 nitrogen and oxygen atoms in total. The molecule has 0 radical (unpaired) electrons. The molecule has 14 rings (SSSR count). The molecule has 10 aromatic carbocycles. The van der Waals surface area contributed by atoms with Crippen molar-refractivity contribution in [1.29, 1.82) is 0 Å². The Morgan fingerprint density at radius 2 is 0.750 bits per heavy atom. The third-order valence-electron chi connectivity index (χ3n) is 14.1. The fourth-order valence-electron chi connectivity index (χ4n) is 11.6. The van der Waals surface area contributed by atoms with Gasteiger partial charge in [0.15, 0.2) is 0 Å². The van der Waals surface area contributed by atoms with Crippen molar-refractivity contribution in [2.45, 2.75) is 5.41 Å². The summed E-state index contributed by atoms with van der Waals surface area (Å²) >= 11 is 0. The quantitative estimate of drug-likeness (QED) is 0.169. The molecule has 0 saturated carbocycles. The lowest BCUT2D eigenvalue weighted by atomic mass is 9.70. The number of benzene rings is 10. The highest BCUT2D eigenvalue weighted by molar-refractivity contribution is 6.13. The Hall–Kier alpha value is -8.40. The van der Waals surface area contributed by atoms with E-state index >= 15 is 0 Å². The van der Waals surface area contributed by atoms with Gasteiger partial charge in [-0.2, -0.15) is 0 Å². The van der Waals surface area contributed by atoms with Crippen LogP contribution in [0.4, 0.5) is 17.1 Å². The molecule has 0 N–H and O–H groups in total. The Morgan fingerprint density at radius 3 is 1.41 bits per heavy atom. The maximum Gasteiger partial charge on any atom is 0.0726 e. The molecule has 0 fully saturated rings. The van der Waals surface area contributed by atoms with Crippen LogP contribution in [0.1, 0.15) is 22.3 Å². The maximum atomic E-state index is 2.53. The summed E-state index contributed by atoms with van der Waals surface area (Å²) in [6, 6.07) is 87.6. The Kier molecular flexibility index (Phi) is 7.32. The lowest BCUT2D eigenvalue weighted by Gasteiger charge is -2.32. The van der Waals surface area contributed by atoms with Gasteiger partial charge in [-0.15, -0.1) is 0 Å². The van der Waals surface area contributed by atoms with Gasteiger partial charge >= 0.3 is 0 Å². The summed E-state index contributed by atoms with van der Waals surface area (Å²) in [5.74, 6) is 0. The van der Waals surface area contributed by atoms with Gasteiger partial charge in [-0.1, -0.05) is 164 Å². The summed E-state index contributed by atoms with van der Waals surface area (Å²) in [5.41, 5.74) is 20.4. The van der Waals surface area contributed by atoms with Crippen molar-refractivity contribution in [2.75, 3.05) is 4.90 Å². The van der Waals surface area contributed by atoms with Crippen LogP contribution < -0.4 is 4.90 Å². The second-order valence-electron chi connectivity index (χ2n) is 17.2. The van der Waals surface area contributed by atoms with Gasteiger partial charge in [0.25, 0.3) is 0 Å². The van der Waals surface area contributed by atoms with E-state index in [0.717, 1.165) is 28.4 Å². The van der Waals surface area contributed by atoms with Crippen LogP contribution in [0.2, 0.25) is 0 Å². The Morgan fingerprint density at radius 1 is 0.297 bits per heavy atom. The van der Waals surface area contributed by atoms with Crippen molar-refractivity contribution in [2.24, 2.45) is 0 Å². The fourth-order valence-corrected chi connectivity index (χ4v) is 11.6. The zero-order valence-corrected chi connectivity index (χ0v) is 34.9. The third-order valence-corrected chi connectivity index (χ3v) is 14.1. The van der Waals surface area contributed by atoms with Gasteiger partial charge in [0.1, 0.15) is 0 Å². The fraction of sp³-hybridized carbons (Fsp3) is 0.0164. The van der Waals surface area contributed by atoms with Crippen LogP contribution in [0.3, 0.4) is 0 Å². The molecule has 3 heteroatoms. The first-order chi connectivity index (χ1) is 31.8. The number of rotatable bonds is 5. The Labute approximate surface area is 371 Å². The van der Waals surface area contributed by atoms with Gasteiger partial charge in [0, 0.05) is 49.9 Å². The molecule has 1 spiro atoms. The number of hydrogen-bond donors (Lipinski definition) is 0. The van der Waals surface area contributed by atoms with Crippen molar-refractivity contribution in [3.05, 3.63) is 259 Å². The van der Waals surface area contributed by atoms with Gasteiger partial charge < -0.3 is 14.0 Å². The molecular weight excluding hydrogens is 775 g/mol. The van der Waals surface area contributed by atoms with E-state index in [-0.39, 0.29) is 0 Å². The highest BCUT2D eigenvalue weighted by Gasteiger charge is 2.52. The highest BCUT2D eigenvalue weighted by atomic mass is 15.1. The molecule has 2 aliphatic rings. The summed E-state index contributed by atoms with van der Waals surface area (Å²) in [4.78, 5) is 2.53. The summed E-state index contributed by atoms with van der Waals surface area (Å²) in [6.07, 6.45) is 0. The van der Waals surface area contributed by atoms with Crippen LogP contribution in [0, 0.1) is 0 Å². The normalized spacial score (nSPS) is 13.1. The van der Waals surface area contributed by atoms with Gasteiger partial charge in [-0.05, 0) is 112 Å². The number of nitrogens with zero attached hydrogens (tertiary/aromatic N) is 3. The van der Waals surface area contributed by atoms with E-state index in [2.05, 4.69) is 251 Å². The van der Waals surface area contributed by atoms with Gasteiger partial charge in [0.2, 0.25) is 0 Å². The van der Waals surface area contributed by atoms with Crippen molar-refractivity contribution in [1.82, 2.24) is 9.13 Å². The monoisotopic (exact) mass is 813 g/mol. The Balaban J connectivity index is 1.09. The second-order valence-corrected chi connectivity index (χ2v) is 17.2. The van der Waals surface area contributed by atoms with E-state index in [4.69, 9.17) is 0 Å². The standard InChI is InChI=1S/C61H39N3/c1-3-18-40(19-4-1)63-56-32-16-11-25-47(56)50-38-42(35-37-57(50)63)62(43-34-36-48-46-24-10-15-31-55(46)64(59(48)39-43)41-20-5-2-6-21-41)58-33-17-30-54-60(58)49-26-9-14-29-53(49)61(54)51-27-12-7-22-44(51)45-23-8-13-28-52(45)61/h1-39H. The number of para-hydroxylation sites is 4. The number of hydrogen-bond acceptors (Lipinski definition) is 1. The first-order valence-corrected chi connectivity index (χ1v) is 22.2. The number of aromatic nitrogens is 2. The lowest BCUT2D eigenvalue weighted by molar-refractivity contribution is 0.794. The van der Waals surface area contributed by atoms with E-state index < -0.39 is 5.41 Å². The SMILES string of the molecule is c1ccc(-n2c3ccccc3c3cc(N(c4ccc5c6ccccc6n(-c6ccccc6)c5c4)c4cccc5c4-c4ccccc4C54c5ccccc5-c5ccccc54)ccc32)cc1. The molecule has 0 amide bonds. The molecule has 0 aliphatic heterocycles. The zero-order valence-electron chi connectivity index (χ0n) is 34.9. The predicted molar refractivity (Wildman–Crippen MR) is 266 cm³/mol. The minimum Gasteiger partial charge on any atom is -0.310 e. The molecule has 12 aromatic rings.